The lowest BCUT2D eigenvalue weighted by atomic mass is 9.75. The van der Waals surface area contributed by atoms with Gasteiger partial charge in [0.1, 0.15) is 5.82 Å². The zero-order chi connectivity index (χ0) is 25.6. The molecule has 0 saturated carbocycles. The minimum absolute atomic E-state index is 0.112. The molecule has 3 rings (SSSR count). The van der Waals surface area contributed by atoms with E-state index in [0.29, 0.717) is 11.3 Å². The summed E-state index contributed by atoms with van der Waals surface area (Å²) >= 11 is 0. The Kier molecular flexibility index (Phi) is 8.14. The van der Waals surface area contributed by atoms with Gasteiger partial charge in [0.05, 0.1) is 17.3 Å². The first kappa shape index (κ1) is 26.2. The van der Waals surface area contributed by atoms with Crippen molar-refractivity contribution in [1.82, 2.24) is 4.98 Å². The molecule has 2 N–H and O–H groups in total. The molecule has 1 aromatic heterocycles. The average Bonchev–Trinajstić information content (AvgIpc) is 2.86. The highest BCUT2D eigenvalue weighted by Gasteiger charge is 2.64. The lowest BCUT2D eigenvalue weighted by Crippen LogP contribution is -2.58. The van der Waals surface area contributed by atoms with Crippen LogP contribution in [0.2, 0.25) is 0 Å². The third-order valence-corrected chi connectivity index (χ3v) is 6.55. The molecule has 35 heavy (non-hydrogen) atoms. The zero-order valence-corrected chi connectivity index (χ0v) is 20.4. The van der Waals surface area contributed by atoms with Crippen molar-refractivity contribution in [2.45, 2.75) is 30.7 Å². The van der Waals surface area contributed by atoms with Crippen LogP contribution in [0.1, 0.15) is 31.0 Å². The summed E-state index contributed by atoms with van der Waals surface area (Å²) in [6.07, 6.45) is 0. The highest BCUT2D eigenvalue weighted by molar-refractivity contribution is 7.27. The lowest BCUT2D eigenvalue weighted by molar-refractivity contribution is -0.182. The number of nitrogens with zero attached hydrogens (tertiary/aromatic N) is 1. The Morgan fingerprint density at radius 3 is 2.23 bits per heavy atom. The number of aliphatic hydroxyl groups is 1. The van der Waals surface area contributed by atoms with E-state index in [1.54, 1.807) is 12.1 Å². The third kappa shape index (κ3) is 5.01. The van der Waals surface area contributed by atoms with E-state index in [9.17, 15) is 24.0 Å². The molecule has 0 aliphatic carbocycles. The first-order chi connectivity index (χ1) is 16.7. The number of carboxylic acids is 1. The molecule has 0 aliphatic rings. The second kappa shape index (κ2) is 10.9. The summed E-state index contributed by atoms with van der Waals surface area (Å²) in [7, 11) is 0.0223. The second-order valence-corrected chi connectivity index (χ2v) is 9.03. The van der Waals surface area contributed by atoms with Crippen LogP contribution in [-0.2, 0) is 19.7 Å². The molecule has 0 saturated heterocycles. The maximum absolute atomic E-state index is 13.7. The maximum Gasteiger partial charge on any atom is 0.351 e. The van der Waals surface area contributed by atoms with Gasteiger partial charge in [0.15, 0.2) is 5.60 Å². The van der Waals surface area contributed by atoms with E-state index in [2.05, 4.69) is 16.8 Å². The van der Waals surface area contributed by atoms with Crippen molar-refractivity contribution < 1.29 is 28.7 Å². The van der Waals surface area contributed by atoms with E-state index in [-0.39, 0.29) is 11.6 Å². The van der Waals surface area contributed by atoms with Gasteiger partial charge < -0.3 is 14.9 Å². The minimum Gasteiger partial charge on any atom is -0.478 e. The van der Waals surface area contributed by atoms with Crippen molar-refractivity contribution in [2.24, 2.45) is 5.92 Å². The normalized spacial score (nSPS) is 15.5. The number of aliphatic carboxylic acids is 1. The fourth-order valence-electron chi connectivity index (χ4n) is 3.82. The molecule has 3 aromatic rings. The van der Waals surface area contributed by atoms with E-state index in [0.717, 1.165) is 12.7 Å². The number of pyridine rings is 1. The van der Waals surface area contributed by atoms with E-state index < -0.39 is 37.1 Å². The molecule has 0 aliphatic heterocycles. The van der Waals surface area contributed by atoms with Crippen LogP contribution in [0.3, 0.4) is 0 Å². The summed E-state index contributed by atoms with van der Waals surface area (Å²) < 4.78 is 31.5. The van der Waals surface area contributed by atoms with Gasteiger partial charge >= 0.3 is 5.97 Å². The van der Waals surface area contributed by atoms with Crippen LogP contribution >= 0.6 is 8.46 Å². The number of carboxylic acid groups (broad SMARTS) is 1. The molecule has 8 heteroatoms. The molecule has 0 fully saturated rings. The van der Waals surface area contributed by atoms with Gasteiger partial charge in [0.25, 0.3) is 5.34 Å². The van der Waals surface area contributed by atoms with Gasteiger partial charge in [0.2, 0.25) is 8.46 Å². The number of methoxy groups -OCH3 is 1. The van der Waals surface area contributed by atoms with Crippen molar-refractivity contribution in [2.75, 3.05) is 7.11 Å². The summed E-state index contributed by atoms with van der Waals surface area (Å²) in [6, 6.07) is 19.0. The van der Waals surface area contributed by atoms with Crippen molar-refractivity contribution in [3.8, 4) is 23.1 Å². The van der Waals surface area contributed by atoms with Gasteiger partial charge in [-0.15, -0.1) is 0 Å². The van der Waals surface area contributed by atoms with Crippen molar-refractivity contribution in [3.63, 3.8) is 0 Å². The van der Waals surface area contributed by atoms with E-state index in [1.807, 2.05) is 44.2 Å². The molecular weight excluding hydrogens is 468 g/mol. The number of benzene rings is 2. The number of halogens is 1. The predicted octanol–water partition coefficient (Wildman–Crippen LogP) is 5.24. The summed E-state index contributed by atoms with van der Waals surface area (Å²) in [5, 5.41) is 19.9. The monoisotopic (exact) mass is 493 g/mol. The van der Waals surface area contributed by atoms with E-state index in [4.69, 9.17) is 4.74 Å². The van der Waals surface area contributed by atoms with Crippen molar-refractivity contribution >= 4 is 14.4 Å². The minimum atomic E-state index is -2.68. The quantitative estimate of drug-likeness (QED) is 0.329. The molecule has 1 heterocycles. The molecule has 180 valence electrons. The first-order valence-electron chi connectivity index (χ1n) is 10.8. The highest BCUT2D eigenvalue weighted by Crippen LogP contribution is 2.51. The van der Waals surface area contributed by atoms with Gasteiger partial charge in [-0.3, -0.25) is 4.57 Å². The Morgan fingerprint density at radius 2 is 1.69 bits per heavy atom. The van der Waals surface area contributed by atoms with Crippen molar-refractivity contribution in [3.05, 3.63) is 89.9 Å². The van der Waals surface area contributed by atoms with Crippen LogP contribution in [0, 0.1) is 23.6 Å². The largest absolute Gasteiger partial charge is 0.478 e. The first-order valence-corrected chi connectivity index (χ1v) is 11.7. The van der Waals surface area contributed by atoms with Gasteiger partial charge in [-0.2, -0.15) is 0 Å². The Morgan fingerprint density at radius 1 is 1.03 bits per heavy atom. The fraction of sp³-hybridized carbons (Fsp3) is 0.259. The van der Waals surface area contributed by atoms with Crippen LogP contribution < -0.4 is 0 Å². The number of hydrogen-bond donors (Lipinski definition) is 2. The molecule has 3 unspecified atom stereocenters. The molecule has 0 amide bonds. The molecular formula is C27H25FNO5P. The third-order valence-electron chi connectivity index (χ3n) is 5.58. The number of carbonyl (C=O) groups is 1. The lowest BCUT2D eigenvalue weighted by Gasteiger charge is -2.42. The highest BCUT2D eigenvalue weighted by atomic mass is 31.1. The number of ether oxygens (including phenoxy) is 1. The van der Waals surface area contributed by atoms with Crippen LogP contribution in [0.4, 0.5) is 4.39 Å². The van der Waals surface area contributed by atoms with Gasteiger partial charge in [-0.05, 0) is 29.8 Å². The number of hydrogen-bond acceptors (Lipinski definition) is 5. The summed E-state index contributed by atoms with van der Waals surface area (Å²) in [5.41, 5.74) is -1.18. The molecule has 2 aromatic carbocycles. The zero-order valence-electron chi connectivity index (χ0n) is 19.5. The molecule has 0 radical (unpaired) electrons. The number of rotatable bonds is 8. The molecule has 3 atom stereocenters. The smallest absolute Gasteiger partial charge is 0.351 e. The van der Waals surface area contributed by atoms with Gasteiger partial charge in [-0.1, -0.05) is 74.2 Å². The van der Waals surface area contributed by atoms with Gasteiger partial charge in [-0.25, -0.2) is 14.2 Å². The predicted molar refractivity (Wildman–Crippen MR) is 130 cm³/mol. The Bertz CT molecular complexity index is 1260. The topological polar surface area (TPSA) is 96.7 Å². The second-order valence-electron chi connectivity index (χ2n) is 8.21. The van der Waals surface area contributed by atoms with E-state index >= 15 is 0 Å². The molecule has 0 spiro atoms. The maximum atomic E-state index is 13.7. The Labute approximate surface area is 205 Å². The average molecular weight is 493 g/mol. The SMILES string of the molecule is COC(P=O)(C(=O)O)C(O)(c1cccc(-c2ccccc2)n1)C(C#CC(C)C)c1ccc(F)cc1. The van der Waals surface area contributed by atoms with Crippen LogP contribution in [0.15, 0.2) is 72.8 Å². The van der Waals surface area contributed by atoms with Crippen LogP contribution in [-0.4, -0.2) is 33.6 Å². The molecule has 0 bridgehead atoms. The summed E-state index contributed by atoms with van der Waals surface area (Å²) in [5.74, 6) is 2.26. The van der Waals surface area contributed by atoms with Crippen molar-refractivity contribution in [1.29, 1.82) is 0 Å². The van der Waals surface area contributed by atoms with E-state index in [1.165, 1.54) is 30.3 Å². The Balaban J connectivity index is 2.40. The fourth-order valence-corrected chi connectivity index (χ4v) is 4.36. The van der Waals surface area contributed by atoms with Crippen LogP contribution in [0.25, 0.3) is 11.3 Å². The number of aromatic nitrogens is 1. The molecule has 6 nitrogen and oxygen atoms in total. The van der Waals surface area contributed by atoms with Gasteiger partial charge in [0, 0.05) is 18.6 Å². The Hall–Kier alpha value is -3.43. The summed E-state index contributed by atoms with van der Waals surface area (Å²) in [4.78, 5) is 17.1. The summed E-state index contributed by atoms with van der Waals surface area (Å²) in [6.45, 7) is 3.66. The van der Waals surface area contributed by atoms with Crippen LogP contribution in [0.5, 0.6) is 0 Å². The standard InChI is InChI=1S/C27H25FNO5P/c1-18(2)12-17-22(19-13-15-21(28)16-14-19)26(32,27(34-3,35-33)25(30)31)24-11-7-10-23(29-24)20-8-5-4-6-9-20/h4-11,13-16,18,22,32H,1-3H3,(H,30,31).